The number of benzene rings is 1. The van der Waals surface area contributed by atoms with Crippen LogP contribution in [0.3, 0.4) is 0 Å². The van der Waals surface area contributed by atoms with E-state index in [1.54, 1.807) is 11.3 Å². The maximum Gasteiger partial charge on any atom is 0.230 e. The van der Waals surface area contributed by atoms with E-state index in [4.69, 9.17) is 0 Å². The van der Waals surface area contributed by atoms with Crippen LogP contribution in [0.5, 0.6) is 0 Å². The van der Waals surface area contributed by atoms with Crippen molar-refractivity contribution in [3.05, 3.63) is 57.8 Å². The Morgan fingerprint density at radius 1 is 1.14 bits per heavy atom. The quantitative estimate of drug-likeness (QED) is 0.798. The van der Waals surface area contributed by atoms with Gasteiger partial charge in [0.05, 0.1) is 12.0 Å². The van der Waals surface area contributed by atoms with Crippen LogP contribution < -0.4 is 0 Å². The number of thiophene rings is 1. The predicted molar refractivity (Wildman–Crippen MR) is 90.1 cm³/mol. The summed E-state index contributed by atoms with van der Waals surface area (Å²) in [5.41, 5.74) is 3.97. The Hall–Kier alpha value is -1.61. The molecule has 1 saturated heterocycles. The first kappa shape index (κ1) is 14.0. The molecule has 2 heterocycles. The van der Waals surface area contributed by atoms with Crippen molar-refractivity contribution in [2.24, 2.45) is 0 Å². The molecule has 2 nitrogen and oxygen atoms in total. The Kier molecular flexibility index (Phi) is 3.75. The molecule has 2 atom stereocenters. The van der Waals surface area contributed by atoms with Crippen LogP contribution in [-0.2, 0) is 11.2 Å². The molecule has 2 aromatic rings. The van der Waals surface area contributed by atoms with E-state index in [1.807, 2.05) is 0 Å². The van der Waals surface area contributed by atoms with Crippen LogP contribution in [-0.4, -0.2) is 17.4 Å². The van der Waals surface area contributed by atoms with Crippen molar-refractivity contribution in [1.82, 2.24) is 4.90 Å². The monoisotopic (exact) mass is 311 g/mol. The third kappa shape index (κ3) is 2.38. The molecule has 0 spiro atoms. The number of amides is 1. The standard InChI is InChI=1S/C19H21NOS/c21-19(17-8-3-6-14-5-1-2-7-16(14)17)20-11-4-9-18(20)15-10-12-22-13-15/h1-2,5,7,10,12-13,17-18H,3-4,6,8-9,11H2/t17-,18-/m0/s1. The Morgan fingerprint density at radius 2 is 2.05 bits per heavy atom. The zero-order valence-corrected chi connectivity index (χ0v) is 13.5. The van der Waals surface area contributed by atoms with E-state index < -0.39 is 0 Å². The number of carbonyl (C=O) groups excluding carboxylic acids is 1. The van der Waals surface area contributed by atoms with Gasteiger partial charge in [0.2, 0.25) is 5.91 Å². The Bertz CT molecular complexity index is 664. The van der Waals surface area contributed by atoms with E-state index in [1.165, 1.54) is 16.7 Å². The van der Waals surface area contributed by atoms with Gasteiger partial charge in [0.1, 0.15) is 0 Å². The van der Waals surface area contributed by atoms with Crippen LogP contribution in [0.1, 0.15) is 54.3 Å². The first-order valence-electron chi connectivity index (χ1n) is 8.25. The minimum absolute atomic E-state index is 0.0733. The van der Waals surface area contributed by atoms with Crippen LogP contribution in [0.2, 0.25) is 0 Å². The average Bonchev–Trinajstić information content (AvgIpc) is 3.24. The lowest BCUT2D eigenvalue weighted by molar-refractivity contribution is -0.134. The van der Waals surface area contributed by atoms with Crippen molar-refractivity contribution in [2.75, 3.05) is 6.54 Å². The molecule has 22 heavy (non-hydrogen) atoms. The highest BCUT2D eigenvalue weighted by molar-refractivity contribution is 7.07. The number of hydrogen-bond acceptors (Lipinski definition) is 2. The van der Waals surface area contributed by atoms with E-state index in [0.29, 0.717) is 11.9 Å². The smallest absolute Gasteiger partial charge is 0.230 e. The summed E-state index contributed by atoms with van der Waals surface area (Å²) in [5, 5.41) is 4.32. The Balaban J connectivity index is 1.62. The summed E-state index contributed by atoms with van der Waals surface area (Å²) in [5.74, 6) is 0.421. The molecule has 0 unspecified atom stereocenters. The normalized spacial score (nSPS) is 24.3. The van der Waals surface area contributed by atoms with E-state index in [-0.39, 0.29) is 5.92 Å². The van der Waals surface area contributed by atoms with Gasteiger partial charge in [-0.25, -0.2) is 0 Å². The molecule has 3 heteroatoms. The lowest BCUT2D eigenvalue weighted by Crippen LogP contribution is -2.35. The van der Waals surface area contributed by atoms with Crippen molar-refractivity contribution in [3.63, 3.8) is 0 Å². The van der Waals surface area contributed by atoms with Gasteiger partial charge in [0, 0.05) is 6.54 Å². The van der Waals surface area contributed by atoms with Gasteiger partial charge < -0.3 is 4.90 Å². The molecule has 1 fully saturated rings. The molecule has 1 aliphatic heterocycles. The molecule has 0 radical (unpaired) electrons. The van der Waals surface area contributed by atoms with Crippen LogP contribution in [0.15, 0.2) is 41.1 Å². The number of hydrogen-bond donors (Lipinski definition) is 0. The summed E-state index contributed by atoms with van der Waals surface area (Å²) in [6, 6.07) is 11.0. The van der Waals surface area contributed by atoms with Gasteiger partial charge in [-0.2, -0.15) is 11.3 Å². The maximum atomic E-state index is 13.2. The molecule has 0 N–H and O–H groups in total. The highest BCUT2D eigenvalue weighted by Crippen LogP contribution is 2.39. The molecular weight excluding hydrogens is 290 g/mol. The number of fused-ring (bicyclic) bond motifs is 1. The van der Waals surface area contributed by atoms with Crippen LogP contribution in [0, 0.1) is 0 Å². The second-order valence-corrected chi connectivity index (χ2v) is 7.17. The fourth-order valence-corrected chi connectivity index (χ4v) is 4.76. The molecule has 4 rings (SSSR count). The van der Waals surface area contributed by atoms with Crippen molar-refractivity contribution >= 4 is 17.2 Å². The zero-order valence-electron chi connectivity index (χ0n) is 12.7. The SMILES string of the molecule is O=C([C@H]1CCCc2ccccc21)N1CCC[C@H]1c1ccsc1. The molecule has 1 aromatic carbocycles. The van der Waals surface area contributed by atoms with Gasteiger partial charge in [-0.05, 0) is 65.6 Å². The predicted octanol–water partition coefficient (Wildman–Crippen LogP) is 4.53. The topological polar surface area (TPSA) is 20.3 Å². The van der Waals surface area contributed by atoms with E-state index in [0.717, 1.165) is 38.6 Å². The number of aryl methyl sites for hydroxylation is 1. The summed E-state index contributed by atoms with van der Waals surface area (Å²) < 4.78 is 0. The van der Waals surface area contributed by atoms with E-state index in [9.17, 15) is 4.79 Å². The summed E-state index contributed by atoms with van der Waals surface area (Å²) in [6.45, 7) is 0.915. The number of nitrogens with zero attached hydrogens (tertiary/aromatic N) is 1. The lowest BCUT2D eigenvalue weighted by atomic mass is 9.82. The second-order valence-electron chi connectivity index (χ2n) is 6.39. The van der Waals surface area contributed by atoms with Crippen LogP contribution in [0.4, 0.5) is 0 Å². The molecule has 0 bridgehead atoms. The highest BCUT2D eigenvalue weighted by Gasteiger charge is 2.36. The molecule has 1 aliphatic carbocycles. The first-order chi connectivity index (χ1) is 10.8. The summed E-state index contributed by atoms with van der Waals surface area (Å²) in [6.07, 6.45) is 5.48. The molecule has 2 aliphatic rings. The number of carbonyl (C=O) groups is 1. The van der Waals surface area contributed by atoms with E-state index >= 15 is 0 Å². The number of likely N-dealkylation sites (tertiary alicyclic amines) is 1. The van der Waals surface area contributed by atoms with Gasteiger partial charge in [-0.1, -0.05) is 24.3 Å². The average molecular weight is 311 g/mol. The summed E-state index contributed by atoms with van der Waals surface area (Å²) >= 11 is 1.73. The van der Waals surface area contributed by atoms with Gasteiger partial charge in [0.25, 0.3) is 0 Å². The summed E-state index contributed by atoms with van der Waals surface area (Å²) in [4.78, 5) is 15.3. The Morgan fingerprint density at radius 3 is 2.91 bits per heavy atom. The molecule has 114 valence electrons. The zero-order chi connectivity index (χ0) is 14.9. The summed E-state index contributed by atoms with van der Waals surface area (Å²) in [7, 11) is 0. The first-order valence-corrected chi connectivity index (χ1v) is 9.19. The molecule has 0 saturated carbocycles. The Labute approximate surface area is 135 Å². The third-order valence-corrected chi connectivity index (χ3v) is 5.83. The fraction of sp³-hybridized carbons (Fsp3) is 0.421. The second kappa shape index (κ2) is 5.88. The lowest BCUT2D eigenvalue weighted by Gasteiger charge is -2.32. The van der Waals surface area contributed by atoms with Gasteiger partial charge in [-0.15, -0.1) is 0 Å². The third-order valence-electron chi connectivity index (χ3n) is 5.13. The minimum atomic E-state index is 0.0733. The highest BCUT2D eigenvalue weighted by atomic mass is 32.1. The van der Waals surface area contributed by atoms with E-state index in [2.05, 4.69) is 46.0 Å². The van der Waals surface area contributed by atoms with Crippen molar-refractivity contribution in [1.29, 1.82) is 0 Å². The van der Waals surface area contributed by atoms with Crippen molar-refractivity contribution < 1.29 is 4.79 Å². The van der Waals surface area contributed by atoms with Gasteiger partial charge >= 0.3 is 0 Å². The van der Waals surface area contributed by atoms with Crippen molar-refractivity contribution in [2.45, 2.75) is 44.1 Å². The van der Waals surface area contributed by atoms with Crippen LogP contribution in [0.25, 0.3) is 0 Å². The van der Waals surface area contributed by atoms with Crippen LogP contribution >= 0.6 is 11.3 Å². The minimum Gasteiger partial charge on any atom is -0.335 e. The van der Waals surface area contributed by atoms with Gasteiger partial charge in [-0.3, -0.25) is 4.79 Å². The number of rotatable bonds is 2. The molecular formula is C19H21NOS. The fourth-order valence-electron chi connectivity index (χ4n) is 4.05. The maximum absolute atomic E-state index is 13.2. The van der Waals surface area contributed by atoms with Crippen molar-refractivity contribution in [3.8, 4) is 0 Å². The largest absolute Gasteiger partial charge is 0.335 e. The molecule has 1 aromatic heterocycles. The molecule has 1 amide bonds. The van der Waals surface area contributed by atoms with Gasteiger partial charge in [0.15, 0.2) is 0 Å².